The van der Waals surface area contributed by atoms with Gasteiger partial charge in [0.1, 0.15) is 11.6 Å². The Kier molecular flexibility index (Phi) is 7.37. The SMILES string of the molecule is CC(C)(C)OC(=O)N1CCC(OC2CCN(c3ccc4c(c3)C(=O)N(C3CCC(=O)NC3=O)C4=O)CC2)CC1. The van der Waals surface area contributed by atoms with Crippen LogP contribution in [0.3, 0.4) is 0 Å². The molecule has 1 atom stereocenters. The minimum atomic E-state index is -0.970. The van der Waals surface area contributed by atoms with Crippen LogP contribution in [0.4, 0.5) is 10.5 Å². The lowest BCUT2D eigenvalue weighted by Crippen LogP contribution is -2.54. The highest BCUT2D eigenvalue weighted by molar-refractivity contribution is 6.23. The summed E-state index contributed by atoms with van der Waals surface area (Å²) in [4.78, 5) is 67.1. The third kappa shape index (κ3) is 5.78. The van der Waals surface area contributed by atoms with E-state index in [1.165, 1.54) is 0 Å². The lowest BCUT2D eigenvalue weighted by molar-refractivity contribution is -0.136. The lowest BCUT2D eigenvalue weighted by Gasteiger charge is -2.38. The van der Waals surface area contributed by atoms with Crippen LogP contribution in [0.5, 0.6) is 0 Å². The smallest absolute Gasteiger partial charge is 0.410 e. The molecule has 0 radical (unpaired) electrons. The Bertz CT molecular complexity index is 1180. The van der Waals surface area contributed by atoms with Crippen LogP contribution in [-0.2, 0) is 19.1 Å². The monoisotopic (exact) mass is 540 g/mol. The van der Waals surface area contributed by atoms with Crippen LogP contribution in [0.2, 0.25) is 0 Å². The molecule has 3 saturated heterocycles. The Morgan fingerprint density at radius 1 is 0.872 bits per heavy atom. The first-order chi connectivity index (χ1) is 18.5. The van der Waals surface area contributed by atoms with E-state index in [0.29, 0.717) is 13.1 Å². The van der Waals surface area contributed by atoms with Gasteiger partial charge in [0.05, 0.1) is 23.3 Å². The number of piperidine rings is 3. The van der Waals surface area contributed by atoms with E-state index in [2.05, 4.69) is 10.2 Å². The molecular formula is C28H36N4O7. The Hall–Kier alpha value is -3.47. The van der Waals surface area contributed by atoms with Gasteiger partial charge in [-0.1, -0.05) is 0 Å². The van der Waals surface area contributed by atoms with Crippen LogP contribution < -0.4 is 10.2 Å². The molecule has 11 nitrogen and oxygen atoms in total. The summed E-state index contributed by atoms with van der Waals surface area (Å²) >= 11 is 0. The fourth-order valence-electron chi connectivity index (χ4n) is 5.68. The van der Waals surface area contributed by atoms with Gasteiger partial charge in [-0.3, -0.25) is 29.4 Å². The van der Waals surface area contributed by atoms with E-state index in [0.717, 1.165) is 49.4 Å². The zero-order chi connectivity index (χ0) is 27.9. The molecule has 4 aliphatic heterocycles. The van der Waals surface area contributed by atoms with Crippen LogP contribution in [0.25, 0.3) is 0 Å². The van der Waals surface area contributed by atoms with Gasteiger partial charge in [0.15, 0.2) is 0 Å². The number of ether oxygens (including phenoxy) is 2. The number of nitrogens with one attached hydrogen (secondary N) is 1. The molecule has 1 aromatic carbocycles. The zero-order valence-corrected chi connectivity index (χ0v) is 22.7. The highest BCUT2D eigenvalue weighted by atomic mass is 16.6. The maximum Gasteiger partial charge on any atom is 0.410 e. The highest BCUT2D eigenvalue weighted by Crippen LogP contribution is 2.32. The van der Waals surface area contributed by atoms with Gasteiger partial charge in [-0.25, -0.2) is 4.79 Å². The average Bonchev–Trinajstić information content (AvgIpc) is 3.13. The molecule has 39 heavy (non-hydrogen) atoms. The second-order valence-corrected chi connectivity index (χ2v) is 11.7. The minimum absolute atomic E-state index is 0.0922. The Balaban J connectivity index is 1.13. The van der Waals surface area contributed by atoms with Crippen LogP contribution in [0, 0.1) is 0 Å². The molecule has 1 unspecified atom stereocenters. The molecule has 210 valence electrons. The first kappa shape index (κ1) is 27.1. The largest absolute Gasteiger partial charge is 0.444 e. The van der Waals surface area contributed by atoms with Gasteiger partial charge in [-0.2, -0.15) is 0 Å². The summed E-state index contributed by atoms with van der Waals surface area (Å²) < 4.78 is 11.8. The predicted octanol–water partition coefficient (Wildman–Crippen LogP) is 2.47. The second-order valence-electron chi connectivity index (χ2n) is 11.7. The van der Waals surface area contributed by atoms with Crippen molar-refractivity contribution in [2.45, 2.75) is 83.1 Å². The molecule has 1 aromatic rings. The summed E-state index contributed by atoms with van der Waals surface area (Å²) in [5, 5.41) is 2.22. The number of fused-ring (bicyclic) bond motifs is 1. The van der Waals surface area contributed by atoms with E-state index >= 15 is 0 Å². The first-order valence-corrected chi connectivity index (χ1v) is 13.7. The quantitative estimate of drug-likeness (QED) is 0.578. The predicted molar refractivity (Wildman–Crippen MR) is 140 cm³/mol. The number of carbonyl (C=O) groups excluding carboxylic acids is 5. The Morgan fingerprint density at radius 2 is 1.49 bits per heavy atom. The summed E-state index contributed by atoms with van der Waals surface area (Å²) in [6.07, 6.45) is 3.42. The van der Waals surface area contributed by atoms with Crippen molar-refractivity contribution in [1.29, 1.82) is 0 Å². The molecule has 0 spiro atoms. The maximum atomic E-state index is 13.1. The molecule has 0 bridgehead atoms. The number of imide groups is 2. The maximum absolute atomic E-state index is 13.1. The highest BCUT2D eigenvalue weighted by Gasteiger charge is 2.44. The van der Waals surface area contributed by atoms with Gasteiger partial charge in [0.2, 0.25) is 11.8 Å². The molecule has 5 amide bonds. The topological polar surface area (TPSA) is 126 Å². The Morgan fingerprint density at radius 3 is 2.10 bits per heavy atom. The van der Waals surface area contributed by atoms with Crippen molar-refractivity contribution in [3.63, 3.8) is 0 Å². The second kappa shape index (κ2) is 10.6. The molecule has 0 aromatic heterocycles. The normalized spacial score (nSPS) is 23.3. The fourth-order valence-corrected chi connectivity index (χ4v) is 5.68. The zero-order valence-electron chi connectivity index (χ0n) is 22.7. The summed E-state index contributed by atoms with van der Waals surface area (Å²) in [7, 11) is 0. The number of likely N-dealkylation sites (tertiary alicyclic amines) is 1. The van der Waals surface area contributed by atoms with Gasteiger partial charge in [0, 0.05) is 38.3 Å². The summed E-state index contributed by atoms with van der Waals surface area (Å²) in [5.74, 6) is -2.00. The van der Waals surface area contributed by atoms with Crippen LogP contribution in [0.15, 0.2) is 18.2 Å². The number of anilines is 1. The van der Waals surface area contributed by atoms with E-state index in [4.69, 9.17) is 9.47 Å². The molecule has 4 aliphatic rings. The molecule has 1 N–H and O–H groups in total. The summed E-state index contributed by atoms with van der Waals surface area (Å²) in [6.45, 7) is 8.33. The number of benzene rings is 1. The van der Waals surface area contributed by atoms with Crippen molar-refractivity contribution in [3.8, 4) is 0 Å². The van der Waals surface area contributed by atoms with Crippen molar-refractivity contribution in [1.82, 2.24) is 15.1 Å². The van der Waals surface area contributed by atoms with Crippen molar-refractivity contribution in [2.75, 3.05) is 31.1 Å². The summed E-state index contributed by atoms with van der Waals surface area (Å²) in [5.41, 5.74) is 0.915. The third-order valence-corrected chi connectivity index (χ3v) is 7.71. The van der Waals surface area contributed by atoms with Gasteiger partial charge in [-0.15, -0.1) is 0 Å². The number of hydrogen-bond acceptors (Lipinski definition) is 8. The lowest BCUT2D eigenvalue weighted by atomic mass is 10.0. The van der Waals surface area contributed by atoms with E-state index < -0.39 is 35.3 Å². The Labute approximate surface area is 227 Å². The molecule has 11 heteroatoms. The standard InChI is InChI=1S/C28H36N4O7/c1-28(2,3)39-27(37)31-14-10-19(11-15-31)38-18-8-12-30(13-9-18)17-4-5-20-21(16-17)26(36)32(25(20)35)22-6-7-23(33)29-24(22)34/h4-5,16,18-19,22H,6-15H2,1-3H3,(H,29,33,34). The van der Waals surface area contributed by atoms with Crippen LogP contribution in [-0.4, -0.2) is 89.6 Å². The molecule has 5 rings (SSSR count). The van der Waals surface area contributed by atoms with Gasteiger partial charge >= 0.3 is 6.09 Å². The van der Waals surface area contributed by atoms with E-state index in [-0.39, 0.29) is 42.3 Å². The number of nitrogens with zero attached hydrogens (tertiary/aromatic N) is 3. The number of amides is 5. The number of hydrogen-bond donors (Lipinski definition) is 1. The number of rotatable bonds is 4. The van der Waals surface area contributed by atoms with Crippen LogP contribution in [0.1, 0.15) is 80.0 Å². The van der Waals surface area contributed by atoms with Gasteiger partial charge in [-0.05, 0) is 71.1 Å². The molecule has 0 saturated carbocycles. The van der Waals surface area contributed by atoms with E-state index in [9.17, 15) is 24.0 Å². The molecule has 3 fully saturated rings. The summed E-state index contributed by atoms with van der Waals surface area (Å²) in [6, 6.07) is 4.25. The van der Waals surface area contributed by atoms with Crippen molar-refractivity contribution >= 4 is 35.4 Å². The third-order valence-electron chi connectivity index (χ3n) is 7.71. The van der Waals surface area contributed by atoms with Gasteiger partial charge < -0.3 is 19.3 Å². The van der Waals surface area contributed by atoms with Crippen molar-refractivity contribution < 1.29 is 33.4 Å². The van der Waals surface area contributed by atoms with E-state index in [1.54, 1.807) is 17.0 Å². The molecule has 4 heterocycles. The first-order valence-electron chi connectivity index (χ1n) is 13.7. The van der Waals surface area contributed by atoms with Gasteiger partial charge in [0.25, 0.3) is 11.8 Å². The van der Waals surface area contributed by atoms with E-state index in [1.807, 2.05) is 26.8 Å². The molecule has 0 aliphatic carbocycles. The van der Waals surface area contributed by atoms with Crippen molar-refractivity contribution in [2.24, 2.45) is 0 Å². The minimum Gasteiger partial charge on any atom is -0.444 e. The van der Waals surface area contributed by atoms with Crippen molar-refractivity contribution in [3.05, 3.63) is 29.3 Å². The fraction of sp³-hybridized carbons (Fsp3) is 0.607. The average molecular weight is 541 g/mol. The van der Waals surface area contributed by atoms with Crippen LogP contribution >= 0.6 is 0 Å². The molecular weight excluding hydrogens is 504 g/mol. The number of carbonyl (C=O) groups is 5.